The van der Waals surface area contributed by atoms with Crippen molar-refractivity contribution < 1.29 is 13.9 Å². The molecule has 1 aliphatic heterocycles. The minimum absolute atomic E-state index is 0.170. The van der Waals surface area contributed by atoms with Crippen LogP contribution in [0.4, 0.5) is 4.39 Å². The number of ether oxygens (including phenoxy) is 2. The highest BCUT2D eigenvalue weighted by molar-refractivity contribution is 5.40. The van der Waals surface area contributed by atoms with E-state index in [1.807, 2.05) is 12.1 Å². The highest BCUT2D eigenvalue weighted by atomic mass is 19.1. The van der Waals surface area contributed by atoms with Gasteiger partial charge in [-0.25, -0.2) is 4.39 Å². The number of halogens is 1. The second-order valence-corrected chi connectivity index (χ2v) is 6.09. The average molecular weight is 315 g/mol. The number of methoxy groups -OCH3 is 1. The van der Waals surface area contributed by atoms with E-state index in [4.69, 9.17) is 9.47 Å². The fourth-order valence-corrected chi connectivity index (χ4v) is 2.95. The summed E-state index contributed by atoms with van der Waals surface area (Å²) in [7, 11) is 1.49. The van der Waals surface area contributed by atoms with Gasteiger partial charge in [0.25, 0.3) is 0 Å². The molecule has 2 aromatic rings. The smallest absolute Gasteiger partial charge is 0.169 e. The largest absolute Gasteiger partial charge is 0.494 e. The average Bonchev–Trinajstić information content (AvgIpc) is 2.49. The Labute approximate surface area is 136 Å². The number of hydrogen-bond acceptors (Lipinski definition) is 3. The van der Waals surface area contributed by atoms with Crippen molar-refractivity contribution in [2.75, 3.05) is 20.2 Å². The van der Waals surface area contributed by atoms with Crippen LogP contribution >= 0.6 is 0 Å². The third-order valence-corrected chi connectivity index (χ3v) is 4.27. The lowest BCUT2D eigenvalue weighted by Crippen LogP contribution is -2.53. The molecule has 1 aliphatic rings. The third-order valence-electron chi connectivity index (χ3n) is 4.27. The number of nitrogens with zero attached hydrogens (tertiary/aromatic N) is 1. The van der Waals surface area contributed by atoms with Gasteiger partial charge in [-0.2, -0.15) is 0 Å². The highest BCUT2D eigenvalue weighted by Crippen LogP contribution is 2.27. The van der Waals surface area contributed by atoms with Crippen molar-refractivity contribution in [1.29, 1.82) is 0 Å². The Hall–Kier alpha value is -2.07. The molecule has 122 valence electrons. The molecule has 0 aromatic heterocycles. The summed E-state index contributed by atoms with van der Waals surface area (Å²) < 4.78 is 25.3. The second-order valence-electron chi connectivity index (χ2n) is 6.09. The van der Waals surface area contributed by atoms with Crippen LogP contribution in [0.15, 0.2) is 36.4 Å². The van der Waals surface area contributed by atoms with Gasteiger partial charge in [0.2, 0.25) is 0 Å². The van der Waals surface area contributed by atoms with E-state index in [0.717, 1.165) is 30.0 Å². The number of rotatable bonds is 5. The first-order chi connectivity index (χ1) is 11.1. The van der Waals surface area contributed by atoms with E-state index in [1.54, 1.807) is 12.1 Å². The van der Waals surface area contributed by atoms with Crippen molar-refractivity contribution >= 4 is 0 Å². The maximum absolute atomic E-state index is 14.2. The molecule has 3 nitrogen and oxygen atoms in total. The Balaban J connectivity index is 1.58. The van der Waals surface area contributed by atoms with E-state index < -0.39 is 0 Å². The lowest BCUT2D eigenvalue weighted by Gasteiger charge is -2.39. The van der Waals surface area contributed by atoms with E-state index in [-0.39, 0.29) is 11.9 Å². The molecule has 0 unspecified atom stereocenters. The molecule has 3 rings (SSSR count). The van der Waals surface area contributed by atoms with Crippen molar-refractivity contribution in [1.82, 2.24) is 4.90 Å². The van der Waals surface area contributed by atoms with Crippen LogP contribution in [-0.2, 0) is 6.54 Å². The lowest BCUT2D eigenvalue weighted by molar-refractivity contribution is 0.0131. The molecule has 0 saturated carbocycles. The van der Waals surface area contributed by atoms with Crippen molar-refractivity contribution in [3.05, 3.63) is 58.9 Å². The number of aryl methyl sites for hydroxylation is 2. The first-order valence-electron chi connectivity index (χ1n) is 7.85. The van der Waals surface area contributed by atoms with Gasteiger partial charge < -0.3 is 9.47 Å². The SMILES string of the molecule is COc1cccc(CN2CC(Oc3c(C)cccc3C)C2)c1F. The van der Waals surface area contributed by atoms with Crippen LogP contribution in [-0.4, -0.2) is 31.2 Å². The van der Waals surface area contributed by atoms with Gasteiger partial charge in [-0.3, -0.25) is 4.90 Å². The number of likely N-dealkylation sites (tertiary alicyclic amines) is 1. The van der Waals surface area contributed by atoms with Gasteiger partial charge in [0.15, 0.2) is 11.6 Å². The van der Waals surface area contributed by atoms with Gasteiger partial charge in [0.1, 0.15) is 11.9 Å². The molecule has 1 saturated heterocycles. The summed E-state index contributed by atoms with van der Waals surface area (Å²) in [5.74, 6) is 1.00. The lowest BCUT2D eigenvalue weighted by atomic mass is 10.1. The molecule has 1 heterocycles. The van der Waals surface area contributed by atoms with E-state index >= 15 is 0 Å². The van der Waals surface area contributed by atoms with E-state index in [0.29, 0.717) is 17.9 Å². The Morgan fingerprint density at radius 2 is 1.74 bits per heavy atom. The molecule has 0 spiro atoms. The Morgan fingerprint density at radius 1 is 1.09 bits per heavy atom. The van der Waals surface area contributed by atoms with Gasteiger partial charge in [0, 0.05) is 25.2 Å². The van der Waals surface area contributed by atoms with Gasteiger partial charge in [0.05, 0.1) is 7.11 Å². The van der Waals surface area contributed by atoms with E-state index in [2.05, 4.69) is 30.9 Å². The molecule has 0 amide bonds. The summed E-state index contributed by atoms with van der Waals surface area (Å²) in [6, 6.07) is 11.4. The van der Waals surface area contributed by atoms with Crippen molar-refractivity contribution in [3.63, 3.8) is 0 Å². The first kappa shape index (κ1) is 15.8. The fraction of sp³-hybridized carbons (Fsp3) is 0.368. The van der Waals surface area contributed by atoms with Crippen molar-refractivity contribution in [2.45, 2.75) is 26.5 Å². The number of para-hydroxylation sites is 1. The van der Waals surface area contributed by atoms with Crippen molar-refractivity contribution in [3.8, 4) is 11.5 Å². The minimum atomic E-state index is -0.269. The Bertz CT molecular complexity index is 676. The monoisotopic (exact) mass is 315 g/mol. The molecule has 0 radical (unpaired) electrons. The van der Waals surface area contributed by atoms with E-state index in [9.17, 15) is 4.39 Å². The van der Waals surface area contributed by atoms with Crippen LogP contribution in [0.1, 0.15) is 16.7 Å². The zero-order valence-corrected chi connectivity index (χ0v) is 13.8. The summed E-state index contributed by atoms with van der Waals surface area (Å²) in [5.41, 5.74) is 2.97. The summed E-state index contributed by atoms with van der Waals surface area (Å²) in [6.45, 7) is 6.32. The zero-order valence-electron chi connectivity index (χ0n) is 13.8. The molecule has 1 fully saturated rings. The Kier molecular flexibility index (Phi) is 4.53. The highest BCUT2D eigenvalue weighted by Gasteiger charge is 2.29. The van der Waals surface area contributed by atoms with Crippen LogP contribution in [0.25, 0.3) is 0 Å². The third kappa shape index (κ3) is 3.32. The zero-order chi connectivity index (χ0) is 16.4. The van der Waals surface area contributed by atoms with Gasteiger partial charge in [-0.1, -0.05) is 30.3 Å². The summed E-state index contributed by atoms with van der Waals surface area (Å²) in [4.78, 5) is 2.18. The van der Waals surface area contributed by atoms with Crippen LogP contribution < -0.4 is 9.47 Å². The molecular weight excluding hydrogens is 293 g/mol. The molecule has 4 heteroatoms. The predicted octanol–water partition coefficient (Wildman–Crippen LogP) is 3.71. The topological polar surface area (TPSA) is 21.7 Å². The van der Waals surface area contributed by atoms with E-state index in [1.165, 1.54) is 7.11 Å². The number of benzene rings is 2. The maximum Gasteiger partial charge on any atom is 0.169 e. The standard InChI is InChI=1S/C19H22FNO2/c1-13-6-4-7-14(2)19(13)23-16-11-21(12-16)10-15-8-5-9-17(22-3)18(15)20/h4-9,16H,10-12H2,1-3H3. The van der Waals surface area contributed by atoms with Gasteiger partial charge in [-0.05, 0) is 31.0 Å². The minimum Gasteiger partial charge on any atom is -0.494 e. The molecule has 23 heavy (non-hydrogen) atoms. The summed E-state index contributed by atoms with van der Waals surface area (Å²) >= 11 is 0. The molecule has 0 N–H and O–H groups in total. The van der Waals surface area contributed by atoms with Crippen LogP contribution in [0.2, 0.25) is 0 Å². The van der Waals surface area contributed by atoms with Crippen molar-refractivity contribution in [2.24, 2.45) is 0 Å². The summed E-state index contributed by atoms with van der Waals surface area (Å²) in [6.07, 6.45) is 0.170. The predicted molar refractivity (Wildman–Crippen MR) is 88.6 cm³/mol. The maximum atomic E-state index is 14.2. The molecule has 2 aromatic carbocycles. The quantitative estimate of drug-likeness (QED) is 0.839. The van der Waals surface area contributed by atoms with Gasteiger partial charge in [-0.15, -0.1) is 0 Å². The van der Waals surface area contributed by atoms with Crippen LogP contribution in [0.3, 0.4) is 0 Å². The molecule has 0 atom stereocenters. The summed E-state index contributed by atoms with van der Waals surface area (Å²) in [5, 5.41) is 0. The number of hydrogen-bond donors (Lipinski definition) is 0. The Morgan fingerprint density at radius 3 is 2.39 bits per heavy atom. The molecule has 0 aliphatic carbocycles. The molecule has 0 bridgehead atoms. The van der Waals surface area contributed by atoms with Crippen LogP contribution in [0, 0.1) is 19.7 Å². The van der Waals surface area contributed by atoms with Crippen LogP contribution in [0.5, 0.6) is 11.5 Å². The second kappa shape index (κ2) is 6.59. The normalized spacial score (nSPS) is 15.3. The first-order valence-corrected chi connectivity index (χ1v) is 7.85. The van der Waals surface area contributed by atoms with Gasteiger partial charge >= 0.3 is 0 Å². The molecular formula is C19H22FNO2. The fourth-order valence-electron chi connectivity index (χ4n) is 2.95.